The van der Waals surface area contributed by atoms with E-state index in [9.17, 15) is 0 Å². The van der Waals surface area contributed by atoms with Crippen molar-refractivity contribution in [2.45, 2.75) is 19.0 Å². The van der Waals surface area contributed by atoms with E-state index in [1.54, 1.807) is 0 Å². The molecule has 0 fully saturated rings. The summed E-state index contributed by atoms with van der Waals surface area (Å²) in [5.74, 6) is 0.571. The zero-order chi connectivity index (χ0) is 11.9. The Hall–Kier alpha value is -1.38. The molecular weight excluding hydrogens is 232 g/mol. The predicted octanol–water partition coefficient (Wildman–Crippen LogP) is 3.11. The van der Waals surface area contributed by atoms with Crippen LogP contribution in [0, 0.1) is 0 Å². The monoisotopic (exact) mass is 246 g/mol. The molecule has 0 radical (unpaired) electrons. The lowest BCUT2D eigenvalue weighted by atomic mass is 10.1. The molecule has 17 heavy (non-hydrogen) atoms. The third-order valence-electron chi connectivity index (χ3n) is 2.54. The second-order valence-electron chi connectivity index (χ2n) is 3.87. The van der Waals surface area contributed by atoms with Crippen molar-refractivity contribution in [2.24, 2.45) is 0 Å². The number of aromatic nitrogens is 1. The standard InChI is InChI=1S/C14H15ClN2/c15-9-12-4-6-13(7-5-12)10-16-11-14-3-1-2-8-17-14/h1-8,16H,9-11H2. The summed E-state index contributed by atoms with van der Waals surface area (Å²) in [6, 6.07) is 14.3. The van der Waals surface area contributed by atoms with Gasteiger partial charge in [0, 0.05) is 25.2 Å². The molecule has 0 spiro atoms. The van der Waals surface area contributed by atoms with Crippen LogP contribution in [-0.2, 0) is 19.0 Å². The molecule has 1 aromatic carbocycles. The van der Waals surface area contributed by atoms with E-state index in [0.717, 1.165) is 24.3 Å². The van der Waals surface area contributed by atoms with Crippen molar-refractivity contribution < 1.29 is 0 Å². The highest BCUT2D eigenvalue weighted by molar-refractivity contribution is 6.17. The van der Waals surface area contributed by atoms with Gasteiger partial charge in [-0.05, 0) is 23.3 Å². The fourth-order valence-electron chi connectivity index (χ4n) is 1.58. The van der Waals surface area contributed by atoms with Gasteiger partial charge < -0.3 is 5.32 Å². The maximum absolute atomic E-state index is 5.74. The fourth-order valence-corrected chi connectivity index (χ4v) is 1.76. The van der Waals surface area contributed by atoms with Crippen LogP contribution in [0.1, 0.15) is 16.8 Å². The first kappa shape index (κ1) is 12.1. The summed E-state index contributed by atoms with van der Waals surface area (Å²) in [4.78, 5) is 4.26. The second-order valence-corrected chi connectivity index (χ2v) is 4.14. The number of pyridine rings is 1. The van der Waals surface area contributed by atoms with Crippen molar-refractivity contribution in [2.75, 3.05) is 0 Å². The fraction of sp³-hybridized carbons (Fsp3) is 0.214. The number of hydrogen-bond donors (Lipinski definition) is 1. The molecule has 2 rings (SSSR count). The summed E-state index contributed by atoms with van der Waals surface area (Å²) in [5.41, 5.74) is 3.47. The summed E-state index contributed by atoms with van der Waals surface area (Å²) >= 11 is 5.74. The van der Waals surface area contributed by atoms with Gasteiger partial charge in [-0.25, -0.2) is 0 Å². The molecule has 1 N–H and O–H groups in total. The number of nitrogens with one attached hydrogen (secondary N) is 1. The van der Waals surface area contributed by atoms with E-state index in [0.29, 0.717) is 5.88 Å². The van der Waals surface area contributed by atoms with Crippen LogP contribution in [0.3, 0.4) is 0 Å². The van der Waals surface area contributed by atoms with Gasteiger partial charge in [0.05, 0.1) is 5.69 Å². The zero-order valence-electron chi connectivity index (χ0n) is 9.57. The average molecular weight is 247 g/mol. The third-order valence-corrected chi connectivity index (χ3v) is 2.85. The minimum atomic E-state index is 0.571. The molecule has 0 aliphatic carbocycles. The van der Waals surface area contributed by atoms with E-state index in [1.165, 1.54) is 5.56 Å². The first-order valence-corrected chi connectivity index (χ1v) is 6.16. The Kier molecular flexibility index (Phi) is 4.54. The molecular formula is C14H15ClN2. The van der Waals surface area contributed by atoms with E-state index in [1.807, 2.05) is 24.4 Å². The number of alkyl halides is 1. The van der Waals surface area contributed by atoms with E-state index in [-0.39, 0.29) is 0 Å². The number of rotatable bonds is 5. The van der Waals surface area contributed by atoms with Gasteiger partial charge in [-0.3, -0.25) is 4.98 Å². The number of hydrogen-bond acceptors (Lipinski definition) is 2. The van der Waals surface area contributed by atoms with Crippen molar-refractivity contribution in [3.8, 4) is 0 Å². The van der Waals surface area contributed by atoms with Gasteiger partial charge in [0.15, 0.2) is 0 Å². The Morgan fingerprint density at radius 1 is 0.941 bits per heavy atom. The van der Waals surface area contributed by atoms with Gasteiger partial charge in [0.2, 0.25) is 0 Å². The molecule has 0 aliphatic rings. The number of halogens is 1. The van der Waals surface area contributed by atoms with Crippen LogP contribution in [0.25, 0.3) is 0 Å². The second kappa shape index (κ2) is 6.38. The normalized spacial score (nSPS) is 10.4. The molecule has 0 bridgehead atoms. The van der Waals surface area contributed by atoms with Gasteiger partial charge in [0.1, 0.15) is 0 Å². The zero-order valence-corrected chi connectivity index (χ0v) is 10.3. The predicted molar refractivity (Wildman–Crippen MR) is 70.8 cm³/mol. The van der Waals surface area contributed by atoms with Gasteiger partial charge in [-0.15, -0.1) is 11.6 Å². The van der Waals surface area contributed by atoms with E-state index in [4.69, 9.17) is 11.6 Å². The average Bonchev–Trinajstić information content (AvgIpc) is 2.41. The topological polar surface area (TPSA) is 24.9 Å². The van der Waals surface area contributed by atoms with Crippen molar-refractivity contribution in [1.82, 2.24) is 10.3 Å². The highest BCUT2D eigenvalue weighted by Gasteiger charge is 1.95. The Balaban J connectivity index is 1.82. The summed E-state index contributed by atoms with van der Waals surface area (Å²) < 4.78 is 0. The van der Waals surface area contributed by atoms with E-state index < -0.39 is 0 Å². The maximum Gasteiger partial charge on any atom is 0.0541 e. The molecule has 0 amide bonds. The minimum Gasteiger partial charge on any atom is -0.307 e. The van der Waals surface area contributed by atoms with Gasteiger partial charge >= 0.3 is 0 Å². The summed E-state index contributed by atoms with van der Waals surface area (Å²) in [6.45, 7) is 1.64. The molecule has 1 heterocycles. The molecule has 0 saturated carbocycles. The lowest BCUT2D eigenvalue weighted by Crippen LogP contribution is -2.13. The maximum atomic E-state index is 5.74. The van der Waals surface area contributed by atoms with Crippen molar-refractivity contribution in [3.63, 3.8) is 0 Å². The molecule has 0 saturated heterocycles. The van der Waals surface area contributed by atoms with Crippen LogP contribution in [0.4, 0.5) is 0 Å². The van der Waals surface area contributed by atoms with Crippen molar-refractivity contribution >= 4 is 11.6 Å². The summed E-state index contributed by atoms with van der Waals surface area (Å²) in [6.07, 6.45) is 1.81. The Labute approximate surface area is 107 Å². The molecule has 3 heteroatoms. The van der Waals surface area contributed by atoms with Crippen LogP contribution in [-0.4, -0.2) is 4.98 Å². The molecule has 88 valence electrons. The SMILES string of the molecule is ClCc1ccc(CNCc2ccccn2)cc1. The minimum absolute atomic E-state index is 0.571. The van der Waals surface area contributed by atoms with Crippen LogP contribution < -0.4 is 5.32 Å². The first-order chi connectivity index (χ1) is 8.38. The summed E-state index contributed by atoms with van der Waals surface area (Å²) in [7, 11) is 0. The van der Waals surface area contributed by atoms with Gasteiger partial charge in [-0.2, -0.15) is 0 Å². The molecule has 1 aromatic heterocycles. The smallest absolute Gasteiger partial charge is 0.0541 e. The number of nitrogens with zero attached hydrogens (tertiary/aromatic N) is 1. The molecule has 0 atom stereocenters. The van der Waals surface area contributed by atoms with E-state index in [2.05, 4.69) is 34.6 Å². The molecule has 0 unspecified atom stereocenters. The first-order valence-electron chi connectivity index (χ1n) is 5.63. The molecule has 0 aliphatic heterocycles. The molecule has 2 nitrogen and oxygen atoms in total. The highest BCUT2D eigenvalue weighted by Crippen LogP contribution is 2.06. The van der Waals surface area contributed by atoms with Crippen LogP contribution >= 0.6 is 11.6 Å². The Bertz CT molecular complexity index is 440. The third kappa shape index (κ3) is 3.84. The van der Waals surface area contributed by atoms with Crippen LogP contribution in [0.5, 0.6) is 0 Å². The van der Waals surface area contributed by atoms with Crippen LogP contribution in [0.15, 0.2) is 48.7 Å². The summed E-state index contributed by atoms with van der Waals surface area (Å²) in [5, 5.41) is 3.36. The van der Waals surface area contributed by atoms with Crippen molar-refractivity contribution in [3.05, 3.63) is 65.5 Å². The number of benzene rings is 1. The Morgan fingerprint density at radius 2 is 1.71 bits per heavy atom. The quantitative estimate of drug-likeness (QED) is 0.820. The van der Waals surface area contributed by atoms with E-state index >= 15 is 0 Å². The largest absolute Gasteiger partial charge is 0.307 e. The highest BCUT2D eigenvalue weighted by atomic mass is 35.5. The van der Waals surface area contributed by atoms with Gasteiger partial charge in [-0.1, -0.05) is 30.3 Å². The molecule has 2 aromatic rings. The lowest BCUT2D eigenvalue weighted by Gasteiger charge is -2.05. The Morgan fingerprint density at radius 3 is 2.35 bits per heavy atom. The van der Waals surface area contributed by atoms with Crippen LogP contribution in [0.2, 0.25) is 0 Å². The van der Waals surface area contributed by atoms with Gasteiger partial charge in [0.25, 0.3) is 0 Å². The van der Waals surface area contributed by atoms with Crippen molar-refractivity contribution in [1.29, 1.82) is 0 Å². The lowest BCUT2D eigenvalue weighted by molar-refractivity contribution is 0.679.